The van der Waals surface area contributed by atoms with Gasteiger partial charge in [0, 0.05) is 23.6 Å². The second-order valence-electron chi connectivity index (χ2n) is 7.02. The van der Waals surface area contributed by atoms with E-state index in [9.17, 15) is 23.5 Å². The summed E-state index contributed by atoms with van der Waals surface area (Å²) in [7, 11) is 0. The molecule has 0 bridgehead atoms. The molecule has 8 heteroatoms. The van der Waals surface area contributed by atoms with E-state index in [0.717, 1.165) is 11.0 Å². The number of aliphatic hydroxyl groups is 1. The van der Waals surface area contributed by atoms with Crippen LogP contribution in [-0.4, -0.2) is 21.8 Å². The molecule has 1 aliphatic heterocycles. The smallest absolute Gasteiger partial charge is 0.300 e. The summed E-state index contributed by atoms with van der Waals surface area (Å²) < 4.78 is 27.4. The van der Waals surface area contributed by atoms with Gasteiger partial charge in [-0.3, -0.25) is 19.5 Å². The van der Waals surface area contributed by atoms with Crippen LogP contribution in [0.3, 0.4) is 0 Å². The molecule has 0 spiro atoms. The summed E-state index contributed by atoms with van der Waals surface area (Å²) in [4.78, 5) is 31.1. The molecule has 2 aromatic carbocycles. The number of Topliss-reactive ketones (excluding diaryl/α,β-unsaturated/α-hetero) is 1. The first-order valence-corrected chi connectivity index (χ1v) is 9.60. The van der Waals surface area contributed by atoms with E-state index in [2.05, 4.69) is 4.98 Å². The summed E-state index contributed by atoms with van der Waals surface area (Å²) in [5, 5.41) is 10.7. The van der Waals surface area contributed by atoms with Crippen LogP contribution < -0.4 is 4.90 Å². The molecule has 1 amide bonds. The number of anilines is 1. The molecule has 0 saturated carbocycles. The average molecular weight is 441 g/mol. The van der Waals surface area contributed by atoms with Gasteiger partial charge in [-0.25, -0.2) is 8.78 Å². The SMILES string of the molecule is Cc1cc(/C(O)=C2\C(=O)C(=O)N(c3ccc(F)c(Cl)c3)C2c2cccnc2)ccc1F. The molecule has 1 N–H and O–H groups in total. The molecular weight excluding hydrogens is 426 g/mol. The molecule has 4 rings (SSSR count). The Bertz CT molecular complexity index is 1240. The molecule has 156 valence electrons. The molecule has 31 heavy (non-hydrogen) atoms. The molecule has 1 aliphatic rings. The van der Waals surface area contributed by atoms with Crippen LogP contribution in [0.4, 0.5) is 14.5 Å². The number of aryl methyl sites for hydroxylation is 1. The number of halogens is 3. The van der Waals surface area contributed by atoms with Gasteiger partial charge in [0.15, 0.2) is 0 Å². The van der Waals surface area contributed by atoms with Gasteiger partial charge in [0.05, 0.1) is 16.6 Å². The highest BCUT2D eigenvalue weighted by Crippen LogP contribution is 2.42. The quantitative estimate of drug-likeness (QED) is 0.355. The first-order valence-electron chi connectivity index (χ1n) is 9.22. The van der Waals surface area contributed by atoms with Crippen LogP contribution in [0.5, 0.6) is 0 Å². The Morgan fingerprint density at radius 1 is 1.10 bits per heavy atom. The number of carbonyl (C=O) groups excluding carboxylic acids is 2. The highest BCUT2D eigenvalue weighted by molar-refractivity contribution is 6.51. The third kappa shape index (κ3) is 3.57. The van der Waals surface area contributed by atoms with Gasteiger partial charge in [-0.05, 0) is 60.5 Å². The van der Waals surface area contributed by atoms with Gasteiger partial charge in [0.2, 0.25) is 0 Å². The number of hydrogen-bond acceptors (Lipinski definition) is 4. The summed E-state index contributed by atoms with van der Waals surface area (Å²) in [6, 6.07) is 9.72. The van der Waals surface area contributed by atoms with Crippen LogP contribution in [0.2, 0.25) is 5.02 Å². The van der Waals surface area contributed by atoms with Crippen molar-refractivity contribution in [3.05, 3.63) is 99.8 Å². The average Bonchev–Trinajstić information content (AvgIpc) is 3.03. The van der Waals surface area contributed by atoms with Crippen molar-refractivity contribution in [1.29, 1.82) is 0 Å². The van der Waals surface area contributed by atoms with Gasteiger partial charge in [0.25, 0.3) is 11.7 Å². The molecule has 1 atom stereocenters. The maximum atomic E-state index is 13.7. The molecule has 1 unspecified atom stereocenters. The standard InChI is InChI=1S/C23H15ClF2N2O3/c1-12-9-13(4-6-17(12)25)21(29)19-20(14-3-2-8-27-11-14)28(23(31)22(19)30)15-5-7-18(26)16(24)10-15/h2-11,20,29H,1H3/b21-19+. The number of amides is 1. The van der Waals surface area contributed by atoms with E-state index in [1.807, 2.05) is 0 Å². The molecule has 0 radical (unpaired) electrons. The lowest BCUT2D eigenvalue weighted by Crippen LogP contribution is -2.29. The van der Waals surface area contributed by atoms with Crippen molar-refractivity contribution in [3.63, 3.8) is 0 Å². The van der Waals surface area contributed by atoms with Crippen molar-refractivity contribution < 1.29 is 23.5 Å². The lowest BCUT2D eigenvalue weighted by molar-refractivity contribution is -0.132. The van der Waals surface area contributed by atoms with Gasteiger partial charge in [-0.1, -0.05) is 17.7 Å². The molecule has 1 saturated heterocycles. The van der Waals surface area contributed by atoms with Crippen LogP contribution in [0, 0.1) is 18.6 Å². The Balaban J connectivity index is 1.95. The Kier molecular flexibility index (Phi) is 5.29. The van der Waals surface area contributed by atoms with Crippen LogP contribution in [0.15, 0.2) is 66.5 Å². The molecule has 0 aliphatic carbocycles. The first kappa shape index (κ1) is 20.7. The predicted molar refractivity (Wildman–Crippen MR) is 112 cm³/mol. The van der Waals surface area contributed by atoms with E-state index in [4.69, 9.17) is 11.6 Å². The number of rotatable bonds is 3. The Labute approximate surface area is 181 Å². The number of carbonyl (C=O) groups is 2. The van der Waals surface area contributed by atoms with E-state index in [-0.39, 0.29) is 27.4 Å². The van der Waals surface area contributed by atoms with Crippen molar-refractivity contribution in [2.75, 3.05) is 4.90 Å². The number of ketones is 1. The Morgan fingerprint density at radius 2 is 1.84 bits per heavy atom. The zero-order valence-electron chi connectivity index (χ0n) is 16.1. The maximum Gasteiger partial charge on any atom is 0.300 e. The second kappa shape index (κ2) is 7.92. The summed E-state index contributed by atoms with van der Waals surface area (Å²) in [5.41, 5.74) is 0.883. The van der Waals surface area contributed by atoms with Crippen LogP contribution in [0.25, 0.3) is 5.76 Å². The minimum absolute atomic E-state index is 0.177. The topological polar surface area (TPSA) is 70.5 Å². The van der Waals surface area contributed by atoms with Gasteiger partial charge in [0.1, 0.15) is 17.4 Å². The molecule has 5 nitrogen and oxygen atoms in total. The number of pyridine rings is 1. The Morgan fingerprint density at radius 3 is 2.48 bits per heavy atom. The predicted octanol–water partition coefficient (Wildman–Crippen LogP) is 4.95. The molecule has 3 aromatic rings. The highest BCUT2D eigenvalue weighted by atomic mass is 35.5. The van der Waals surface area contributed by atoms with Crippen LogP contribution in [-0.2, 0) is 9.59 Å². The van der Waals surface area contributed by atoms with Gasteiger partial charge < -0.3 is 5.11 Å². The maximum absolute atomic E-state index is 13.7. The first-order chi connectivity index (χ1) is 14.8. The third-order valence-electron chi connectivity index (χ3n) is 5.06. The lowest BCUT2D eigenvalue weighted by Gasteiger charge is -2.25. The van der Waals surface area contributed by atoms with E-state index in [0.29, 0.717) is 5.56 Å². The number of hydrogen-bond donors (Lipinski definition) is 1. The highest BCUT2D eigenvalue weighted by Gasteiger charge is 2.47. The molecule has 1 fully saturated rings. The van der Waals surface area contributed by atoms with Crippen molar-refractivity contribution >= 4 is 34.7 Å². The van der Waals surface area contributed by atoms with E-state index in [1.165, 1.54) is 49.6 Å². The monoisotopic (exact) mass is 440 g/mol. The number of nitrogens with zero attached hydrogens (tertiary/aromatic N) is 2. The number of aromatic nitrogens is 1. The van der Waals surface area contributed by atoms with Gasteiger partial charge in [-0.2, -0.15) is 0 Å². The van der Waals surface area contributed by atoms with E-state index in [1.54, 1.807) is 12.1 Å². The van der Waals surface area contributed by atoms with E-state index < -0.39 is 35.1 Å². The van der Waals surface area contributed by atoms with Crippen molar-refractivity contribution in [2.45, 2.75) is 13.0 Å². The van der Waals surface area contributed by atoms with Crippen LogP contribution in [0.1, 0.15) is 22.7 Å². The largest absolute Gasteiger partial charge is 0.507 e. The minimum atomic E-state index is -1.04. The summed E-state index contributed by atoms with van der Waals surface area (Å²) in [6.45, 7) is 1.52. The summed E-state index contributed by atoms with van der Waals surface area (Å²) in [6.07, 6.45) is 2.98. The normalized spacial score (nSPS) is 17.9. The van der Waals surface area contributed by atoms with Gasteiger partial charge >= 0.3 is 0 Å². The zero-order valence-corrected chi connectivity index (χ0v) is 16.9. The minimum Gasteiger partial charge on any atom is -0.507 e. The zero-order chi connectivity index (χ0) is 22.3. The van der Waals surface area contributed by atoms with Gasteiger partial charge in [-0.15, -0.1) is 0 Å². The molecule has 1 aromatic heterocycles. The lowest BCUT2D eigenvalue weighted by atomic mass is 9.95. The van der Waals surface area contributed by atoms with Crippen molar-refractivity contribution in [2.24, 2.45) is 0 Å². The number of aliphatic hydroxyl groups excluding tert-OH is 1. The third-order valence-corrected chi connectivity index (χ3v) is 5.35. The molecule has 2 heterocycles. The van der Waals surface area contributed by atoms with Crippen molar-refractivity contribution in [3.8, 4) is 0 Å². The summed E-state index contributed by atoms with van der Waals surface area (Å²) in [5.74, 6) is -3.46. The fourth-order valence-corrected chi connectivity index (χ4v) is 3.71. The fourth-order valence-electron chi connectivity index (χ4n) is 3.53. The van der Waals surface area contributed by atoms with E-state index >= 15 is 0 Å². The molecular formula is C23H15ClF2N2O3. The van der Waals surface area contributed by atoms with Crippen molar-refractivity contribution in [1.82, 2.24) is 4.98 Å². The van der Waals surface area contributed by atoms with Crippen LogP contribution >= 0.6 is 11.6 Å². The Hall–Kier alpha value is -3.58. The summed E-state index contributed by atoms with van der Waals surface area (Å²) >= 11 is 5.89. The fraction of sp³-hybridized carbons (Fsp3) is 0.0870. The second-order valence-corrected chi connectivity index (χ2v) is 7.43. The number of benzene rings is 2.